The number of carbonyl (C=O) groups excluding carboxylic acids is 1. The van der Waals surface area contributed by atoms with Crippen LogP contribution in [0.1, 0.15) is 36.5 Å². The molecule has 1 N–H and O–H groups in total. The maximum Gasteiger partial charge on any atom is 0.277 e. The molecule has 0 aliphatic carbocycles. The van der Waals surface area contributed by atoms with Crippen molar-refractivity contribution < 1.29 is 14.3 Å². The molecule has 5 nitrogen and oxygen atoms in total. The summed E-state index contributed by atoms with van der Waals surface area (Å²) in [5.74, 6) is 1.02. The number of nitrogens with one attached hydrogen (secondary N) is 1. The van der Waals surface area contributed by atoms with Gasteiger partial charge >= 0.3 is 0 Å². The zero-order valence-electron chi connectivity index (χ0n) is 18.1. The van der Waals surface area contributed by atoms with Gasteiger partial charge in [0.25, 0.3) is 5.91 Å². The van der Waals surface area contributed by atoms with E-state index in [1.807, 2.05) is 72.8 Å². The highest BCUT2D eigenvalue weighted by atomic mass is 79.9. The highest BCUT2D eigenvalue weighted by Crippen LogP contribution is 2.19. The van der Waals surface area contributed by atoms with Crippen LogP contribution in [0.25, 0.3) is 0 Å². The van der Waals surface area contributed by atoms with Crippen molar-refractivity contribution in [1.82, 2.24) is 5.43 Å². The molecule has 166 valence electrons. The zero-order valence-corrected chi connectivity index (χ0v) is 19.7. The Morgan fingerprint density at radius 1 is 1.00 bits per heavy atom. The summed E-state index contributed by atoms with van der Waals surface area (Å²) in [6, 6.07) is 23.3. The van der Waals surface area contributed by atoms with Crippen molar-refractivity contribution >= 4 is 28.1 Å². The number of unbranched alkanes of at least 4 members (excludes halogenated alkanes) is 1. The minimum atomic E-state index is -0.330. The molecule has 0 spiro atoms. The summed E-state index contributed by atoms with van der Waals surface area (Å²) in [5, 5.41) is 4.04. The minimum Gasteiger partial charge on any atom is -0.488 e. The molecule has 3 rings (SSSR count). The summed E-state index contributed by atoms with van der Waals surface area (Å²) in [6.07, 6.45) is 4.95. The number of halogens is 1. The second-order valence-corrected chi connectivity index (χ2v) is 8.20. The molecular weight excluding hydrogens is 468 g/mol. The van der Waals surface area contributed by atoms with Crippen LogP contribution >= 0.6 is 15.9 Å². The molecule has 0 fully saturated rings. The number of nitrogens with zero attached hydrogens (tertiary/aromatic N) is 1. The third-order valence-electron chi connectivity index (χ3n) is 4.71. The molecule has 0 unspecified atom stereocenters. The van der Waals surface area contributed by atoms with Crippen LogP contribution < -0.4 is 14.9 Å². The van der Waals surface area contributed by atoms with Crippen LogP contribution in [0.3, 0.4) is 0 Å². The van der Waals surface area contributed by atoms with E-state index in [1.54, 1.807) is 6.21 Å². The van der Waals surface area contributed by atoms with Gasteiger partial charge in [-0.25, -0.2) is 5.43 Å². The van der Waals surface area contributed by atoms with Gasteiger partial charge in [0.15, 0.2) is 6.61 Å². The predicted octanol–water partition coefficient (Wildman–Crippen LogP) is 5.90. The lowest BCUT2D eigenvalue weighted by Gasteiger charge is -2.09. The normalized spacial score (nSPS) is 10.8. The number of amides is 1. The molecule has 6 heteroatoms. The predicted molar refractivity (Wildman–Crippen MR) is 131 cm³/mol. The summed E-state index contributed by atoms with van der Waals surface area (Å²) in [5.41, 5.74) is 5.59. The lowest BCUT2D eigenvalue weighted by molar-refractivity contribution is -0.123. The Morgan fingerprint density at radius 3 is 2.59 bits per heavy atom. The molecule has 0 radical (unpaired) electrons. The number of para-hydroxylation sites is 1. The SMILES string of the molecule is CCCCc1ccc(OCC(=O)N/N=C/c2ccccc2OCc2cccc(Br)c2)cc1. The number of carbonyl (C=O) groups is 1. The summed E-state index contributed by atoms with van der Waals surface area (Å²) in [6.45, 7) is 2.50. The largest absolute Gasteiger partial charge is 0.488 e. The molecule has 1 amide bonds. The van der Waals surface area contributed by atoms with Crippen molar-refractivity contribution in [3.8, 4) is 11.5 Å². The molecule has 0 aliphatic rings. The molecule has 0 heterocycles. The quantitative estimate of drug-likeness (QED) is 0.266. The lowest BCUT2D eigenvalue weighted by atomic mass is 10.1. The standard InChI is InChI=1S/C26H27BrN2O3/c1-2-3-7-20-12-14-24(15-13-20)31-19-26(30)29-28-17-22-9-4-5-11-25(22)32-18-21-8-6-10-23(27)16-21/h4-6,8-17H,2-3,7,18-19H2,1H3,(H,29,30)/b28-17+. The summed E-state index contributed by atoms with van der Waals surface area (Å²) >= 11 is 3.46. The average molecular weight is 495 g/mol. The molecule has 3 aromatic rings. The number of benzene rings is 3. The third kappa shape index (κ3) is 7.85. The van der Waals surface area contributed by atoms with Gasteiger partial charge in [-0.3, -0.25) is 4.79 Å². The van der Waals surface area contributed by atoms with E-state index in [0.29, 0.717) is 18.1 Å². The fraction of sp³-hybridized carbons (Fsp3) is 0.231. The van der Waals surface area contributed by atoms with Gasteiger partial charge < -0.3 is 9.47 Å². The van der Waals surface area contributed by atoms with E-state index < -0.39 is 0 Å². The molecule has 0 aliphatic heterocycles. The van der Waals surface area contributed by atoms with Crippen molar-refractivity contribution in [1.29, 1.82) is 0 Å². The summed E-state index contributed by atoms with van der Waals surface area (Å²) in [7, 11) is 0. The Kier molecular flexibility index (Phi) is 9.32. The molecule has 0 aromatic heterocycles. The van der Waals surface area contributed by atoms with E-state index in [1.165, 1.54) is 18.4 Å². The van der Waals surface area contributed by atoms with Crippen molar-refractivity contribution in [2.45, 2.75) is 32.8 Å². The molecule has 0 atom stereocenters. The van der Waals surface area contributed by atoms with E-state index in [9.17, 15) is 4.79 Å². The molecule has 32 heavy (non-hydrogen) atoms. The van der Waals surface area contributed by atoms with Gasteiger partial charge in [0.1, 0.15) is 18.1 Å². The van der Waals surface area contributed by atoms with E-state index in [4.69, 9.17) is 9.47 Å². The van der Waals surface area contributed by atoms with Crippen molar-refractivity contribution in [2.24, 2.45) is 5.10 Å². The highest BCUT2D eigenvalue weighted by molar-refractivity contribution is 9.10. The van der Waals surface area contributed by atoms with E-state index in [-0.39, 0.29) is 12.5 Å². The Bertz CT molecular complexity index is 1040. The van der Waals surface area contributed by atoms with Gasteiger partial charge in [0, 0.05) is 10.0 Å². The van der Waals surface area contributed by atoms with Crippen LogP contribution in [-0.2, 0) is 17.8 Å². The first-order valence-electron chi connectivity index (χ1n) is 10.6. The molecule has 3 aromatic carbocycles. The van der Waals surface area contributed by atoms with Crippen molar-refractivity contribution in [2.75, 3.05) is 6.61 Å². The average Bonchev–Trinajstić information content (AvgIpc) is 2.81. The maximum atomic E-state index is 12.1. The van der Waals surface area contributed by atoms with Crippen LogP contribution in [0, 0.1) is 0 Å². The summed E-state index contributed by atoms with van der Waals surface area (Å²) < 4.78 is 12.5. The second-order valence-electron chi connectivity index (χ2n) is 7.29. The van der Waals surface area contributed by atoms with Crippen molar-refractivity contribution in [3.05, 3.63) is 94.0 Å². The van der Waals surface area contributed by atoms with Gasteiger partial charge in [-0.05, 0) is 60.4 Å². The van der Waals surface area contributed by atoms with Gasteiger partial charge in [-0.1, -0.05) is 65.7 Å². The van der Waals surface area contributed by atoms with Crippen LogP contribution in [0.2, 0.25) is 0 Å². The molecular formula is C26H27BrN2O3. The minimum absolute atomic E-state index is 0.104. The van der Waals surface area contributed by atoms with Crippen LogP contribution in [-0.4, -0.2) is 18.7 Å². The van der Waals surface area contributed by atoms with Crippen molar-refractivity contribution in [3.63, 3.8) is 0 Å². The Hall–Kier alpha value is -3.12. The zero-order chi connectivity index (χ0) is 22.6. The number of ether oxygens (including phenoxy) is 2. The molecule has 0 saturated heterocycles. The van der Waals surface area contributed by atoms with Gasteiger partial charge in [0.05, 0.1) is 6.21 Å². The number of hydrogen-bond acceptors (Lipinski definition) is 4. The van der Waals surface area contributed by atoms with E-state index in [2.05, 4.69) is 33.4 Å². The second kappa shape index (κ2) is 12.7. The monoisotopic (exact) mass is 494 g/mol. The smallest absolute Gasteiger partial charge is 0.277 e. The van der Waals surface area contributed by atoms with Crippen LogP contribution in [0.5, 0.6) is 11.5 Å². The Labute approximate surface area is 197 Å². The van der Waals surface area contributed by atoms with E-state index >= 15 is 0 Å². The van der Waals surface area contributed by atoms with Gasteiger partial charge in [0.2, 0.25) is 0 Å². The fourth-order valence-electron chi connectivity index (χ4n) is 2.99. The first kappa shape index (κ1) is 23.5. The van der Waals surface area contributed by atoms with Crippen LogP contribution in [0.4, 0.5) is 0 Å². The maximum absolute atomic E-state index is 12.1. The van der Waals surface area contributed by atoms with Gasteiger partial charge in [-0.2, -0.15) is 5.10 Å². The number of hydrazone groups is 1. The Balaban J connectivity index is 1.47. The number of aryl methyl sites for hydroxylation is 1. The van der Waals surface area contributed by atoms with Crippen LogP contribution in [0.15, 0.2) is 82.4 Å². The first-order chi connectivity index (χ1) is 15.6. The number of rotatable bonds is 11. The van der Waals surface area contributed by atoms with E-state index in [0.717, 1.165) is 22.0 Å². The molecule has 0 bridgehead atoms. The number of hydrogen-bond donors (Lipinski definition) is 1. The highest BCUT2D eigenvalue weighted by Gasteiger charge is 2.04. The topological polar surface area (TPSA) is 59.9 Å². The molecule has 0 saturated carbocycles. The fourth-order valence-corrected chi connectivity index (χ4v) is 3.44. The third-order valence-corrected chi connectivity index (χ3v) is 5.20. The first-order valence-corrected chi connectivity index (χ1v) is 11.4. The summed E-state index contributed by atoms with van der Waals surface area (Å²) in [4.78, 5) is 12.1. The lowest BCUT2D eigenvalue weighted by Crippen LogP contribution is -2.24. The van der Waals surface area contributed by atoms with Gasteiger partial charge in [-0.15, -0.1) is 0 Å². The Morgan fingerprint density at radius 2 is 1.81 bits per heavy atom.